The highest BCUT2D eigenvalue weighted by atomic mass is 32.2. The van der Waals surface area contributed by atoms with Crippen LogP contribution in [-0.2, 0) is 10.2 Å². The zero-order valence-electron chi connectivity index (χ0n) is 11.3. The van der Waals surface area contributed by atoms with Gasteiger partial charge in [0.15, 0.2) is 0 Å². The van der Waals surface area contributed by atoms with Crippen LogP contribution in [0.4, 0.5) is 11.5 Å². The fourth-order valence-corrected chi connectivity index (χ4v) is 2.68. The molecule has 0 aliphatic heterocycles. The maximum Gasteiger partial charge on any atom is 0.299 e. The van der Waals surface area contributed by atoms with Crippen molar-refractivity contribution in [3.63, 3.8) is 0 Å². The van der Waals surface area contributed by atoms with Crippen LogP contribution in [0.1, 0.15) is 12.6 Å². The molecule has 0 amide bonds. The molecule has 0 aliphatic carbocycles. The molecule has 20 heavy (non-hydrogen) atoms. The normalized spacial score (nSPS) is 11.5. The summed E-state index contributed by atoms with van der Waals surface area (Å²) >= 11 is 0. The van der Waals surface area contributed by atoms with E-state index in [0.717, 1.165) is 11.4 Å². The number of nitrogens with zero attached hydrogens (tertiary/aromatic N) is 2. The number of aromatic nitrogens is 2. The second-order valence-electron chi connectivity index (χ2n) is 4.27. The molecule has 0 saturated carbocycles. The molecule has 7 nitrogen and oxygen atoms in total. The van der Waals surface area contributed by atoms with Gasteiger partial charge in [0, 0.05) is 18.3 Å². The van der Waals surface area contributed by atoms with Crippen LogP contribution in [0.25, 0.3) is 5.69 Å². The lowest BCUT2D eigenvalue weighted by molar-refractivity contribution is 0.589. The first kappa shape index (κ1) is 14.4. The van der Waals surface area contributed by atoms with Gasteiger partial charge >= 0.3 is 0 Å². The van der Waals surface area contributed by atoms with Crippen LogP contribution in [0.2, 0.25) is 0 Å². The predicted molar refractivity (Wildman–Crippen MR) is 78.9 cm³/mol. The van der Waals surface area contributed by atoms with Gasteiger partial charge in [-0.2, -0.15) is 18.2 Å². The van der Waals surface area contributed by atoms with Crippen molar-refractivity contribution in [2.75, 3.05) is 17.0 Å². The van der Waals surface area contributed by atoms with Crippen molar-refractivity contribution in [1.29, 1.82) is 0 Å². The number of nitrogens with one attached hydrogen (secondary N) is 2. The molecule has 2 rings (SSSR count). The Morgan fingerprint density at radius 1 is 1.30 bits per heavy atom. The molecular formula is C12H17N5O2S. The van der Waals surface area contributed by atoms with Gasteiger partial charge in [0.1, 0.15) is 5.82 Å². The Morgan fingerprint density at radius 2 is 1.95 bits per heavy atom. The number of anilines is 2. The highest BCUT2D eigenvalue weighted by molar-refractivity contribution is 7.90. The SMILES string of the molecule is CCNS(=O)(=O)Nc1ccc(-n2nc(C)cc2N)cc1. The quantitative estimate of drug-likeness (QED) is 0.766. The molecular weight excluding hydrogens is 278 g/mol. The molecule has 1 heterocycles. The van der Waals surface area contributed by atoms with Crippen LogP contribution < -0.4 is 15.2 Å². The van der Waals surface area contributed by atoms with Crippen molar-refractivity contribution < 1.29 is 8.42 Å². The summed E-state index contributed by atoms with van der Waals surface area (Å²) in [6.45, 7) is 3.90. The summed E-state index contributed by atoms with van der Waals surface area (Å²) in [4.78, 5) is 0. The zero-order valence-corrected chi connectivity index (χ0v) is 12.1. The number of aryl methyl sites for hydroxylation is 1. The second-order valence-corrected chi connectivity index (χ2v) is 5.77. The van der Waals surface area contributed by atoms with E-state index in [-0.39, 0.29) is 0 Å². The van der Waals surface area contributed by atoms with Crippen molar-refractivity contribution in [3.05, 3.63) is 36.0 Å². The van der Waals surface area contributed by atoms with E-state index in [4.69, 9.17) is 5.73 Å². The molecule has 0 saturated heterocycles. The summed E-state index contributed by atoms with van der Waals surface area (Å²) in [5, 5.41) is 4.25. The van der Waals surface area contributed by atoms with Crippen LogP contribution in [0, 0.1) is 6.92 Å². The topological polar surface area (TPSA) is 102 Å². The van der Waals surface area contributed by atoms with Crippen LogP contribution in [0.5, 0.6) is 0 Å². The number of nitrogen functional groups attached to an aromatic ring is 1. The minimum absolute atomic E-state index is 0.330. The third-order valence-corrected chi connectivity index (χ3v) is 3.73. The van der Waals surface area contributed by atoms with Crippen molar-refractivity contribution in [1.82, 2.24) is 14.5 Å². The van der Waals surface area contributed by atoms with E-state index in [0.29, 0.717) is 18.1 Å². The Kier molecular flexibility index (Phi) is 3.96. The highest BCUT2D eigenvalue weighted by Crippen LogP contribution is 2.17. The van der Waals surface area contributed by atoms with E-state index in [9.17, 15) is 8.42 Å². The summed E-state index contributed by atoms with van der Waals surface area (Å²) in [5.41, 5.74) is 7.89. The van der Waals surface area contributed by atoms with Crippen LogP contribution in [0.15, 0.2) is 30.3 Å². The van der Waals surface area contributed by atoms with Crippen LogP contribution in [0.3, 0.4) is 0 Å². The van der Waals surface area contributed by atoms with Gasteiger partial charge in [0.2, 0.25) is 0 Å². The van der Waals surface area contributed by atoms with Gasteiger partial charge in [-0.3, -0.25) is 4.72 Å². The Hall–Kier alpha value is -2.06. The highest BCUT2D eigenvalue weighted by Gasteiger charge is 2.08. The molecule has 0 radical (unpaired) electrons. The first-order valence-electron chi connectivity index (χ1n) is 6.11. The molecule has 0 fully saturated rings. The Bertz CT molecular complexity index is 691. The monoisotopic (exact) mass is 295 g/mol. The summed E-state index contributed by atoms with van der Waals surface area (Å²) in [5.74, 6) is 0.531. The van der Waals surface area contributed by atoms with Crippen molar-refractivity contribution in [2.45, 2.75) is 13.8 Å². The maximum absolute atomic E-state index is 11.6. The van der Waals surface area contributed by atoms with E-state index >= 15 is 0 Å². The molecule has 108 valence electrons. The predicted octanol–water partition coefficient (Wildman–Crippen LogP) is 1.03. The molecule has 4 N–H and O–H groups in total. The maximum atomic E-state index is 11.6. The van der Waals surface area contributed by atoms with Gasteiger partial charge in [-0.15, -0.1) is 0 Å². The number of benzene rings is 1. The minimum Gasteiger partial charge on any atom is -0.384 e. The zero-order chi connectivity index (χ0) is 14.8. The number of nitrogens with two attached hydrogens (primary N) is 1. The van der Waals surface area contributed by atoms with Gasteiger partial charge in [0.05, 0.1) is 11.4 Å². The average Bonchev–Trinajstić information content (AvgIpc) is 2.69. The fraction of sp³-hybridized carbons (Fsp3) is 0.250. The van der Waals surface area contributed by atoms with Gasteiger partial charge in [-0.1, -0.05) is 6.92 Å². The van der Waals surface area contributed by atoms with E-state index in [1.54, 1.807) is 41.9 Å². The molecule has 2 aromatic rings. The van der Waals surface area contributed by atoms with E-state index in [1.165, 1.54) is 0 Å². The minimum atomic E-state index is -3.51. The average molecular weight is 295 g/mol. The van der Waals surface area contributed by atoms with Crippen LogP contribution >= 0.6 is 0 Å². The Morgan fingerprint density at radius 3 is 2.45 bits per heavy atom. The number of hydrogen-bond donors (Lipinski definition) is 3. The van der Waals surface area contributed by atoms with Gasteiger partial charge < -0.3 is 5.73 Å². The molecule has 0 spiro atoms. The van der Waals surface area contributed by atoms with E-state index in [1.807, 2.05) is 6.92 Å². The lowest BCUT2D eigenvalue weighted by Crippen LogP contribution is -2.29. The molecule has 8 heteroatoms. The van der Waals surface area contributed by atoms with Crippen molar-refractivity contribution in [2.24, 2.45) is 0 Å². The van der Waals surface area contributed by atoms with Crippen molar-refractivity contribution >= 4 is 21.7 Å². The van der Waals surface area contributed by atoms with Gasteiger partial charge in [0.25, 0.3) is 10.2 Å². The Balaban J connectivity index is 2.21. The van der Waals surface area contributed by atoms with E-state index in [2.05, 4.69) is 14.5 Å². The smallest absolute Gasteiger partial charge is 0.299 e. The summed E-state index contributed by atoms with van der Waals surface area (Å²) in [6.07, 6.45) is 0. The molecule has 0 aliphatic rings. The largest absolute Gasteiger partial charge is 0.384 e. The standard InChI is InChI=1S/C12H17N5O2S/c1-3-14-20(18,19)16-10-4-6-11(7-5-10)17-12(13)8-9(2)15-17/h4-8,14,16H,3,13H2,1-2H3. The van der Waals surface area contributed by atoms with Crippen molar-refractivity contribution in [3.8, 4) is 5.69 Å². The summed E-state index contributed by atoms with van der Waals surface area (Å²) in [7, 11) is -3.51. The molecule has 1 aromatic heterocycles. The Labute approximate surface area is 118 Å². The first-order valence-corrected chi connectivity index (χ1v) is 7.59. The molecule has 0 atom stereocenters. The fourth-order valence-electron chi connectivity index (χ4n) is 1.78. The van der Waals surface area contributed by atoms with E-state index < -0.39 is 10.2 Å². The summed E-state index contributed by atoms with van der Waals surface area (Å²) < 4.78 is 29.5. The number of hydrogen-bond acceptors (Lipinski definition) is 4. The second kappa shape index (κ2) is 5.51. The lowest BCUT2D eigenvalue weighted by Gasteiger charge is -2.09. The molecule has 0 bridgehead atoms. The third-order valence-electron chi connectivity index (χ3n) is 2.56. The van der Waals surface area contributed by atoms with Crippen LogP contribution in [-0.4, -0.2) is 24.7 Å². The summed E-state index contributed by atoms with van der Waals surface area (Å²) in [6, 6.07) is 8.56. The lowest BCUT2D eigenvalue weighted by atomic mass is 10.3. The third kappa shape index (κ3) is 3.28. The first-order chi connectivity index (χ1) is 9.41. The number of rotatable bonds is 5. The van der Waals surface area contributed by atoms with Gasteiger partial charge in [-0.05, 0) is 31.2 Å². The molecule has 1 aromatic carbocycles. The van der Waals surface area contributed by atoms with Gasteiger partial charge in [-0.25, -0.2) is 4.68 Å². The molecule has 0 unspecified atom stereocenters.